The fraction of sp³-hybridized carbons (Fsp3) is 0.391. The molecule has 4 heterocycles. The first-order chi connectivity index (χ1) is 17.0. The Bertz CT molecular complexity index is 1430. The molecule has 6 radical (unpaired) electrons. The Kier molecular flexibility index (Phi) is 5.98. The number of anilines is 1. The van der Waals surface area contributed by atoms with Gasteiger partial charge in [0.1, 0.15) is 29.2 Å². The molecule has 0 bridgehead atoms. The Morgan fingerprint density at radius 3 is 2.75 bits per heavy atom. The van der Waals surface area contributed by atoms with Gasteiger partial charge in [0.05, 0.1) is 28.3 Å². The van der Waals surface area contributed by atoms with E-state index in [4.69, 9.17) is 28.3 Å². The highest BCUT2D eigenvalue weighted by Crippen LogP contribution is 2.36. The Morgan fingerprint density at radius 1 is 1.31 bits per heavy atom. The molecule has 10 nitrogen and oxygen atoms in total. The molecule has 36 heavy (non-hydrogen) atoms. The van der Waals surface area contributed by atoms with Crippen LogP contribution in [-0.4, -0.2) is 83.1 Å². The highest BCUT2D eigenvalue weighted by atomic mass is 16.5. The third kappa shape index (κ3) is 4.79. The van der Waals surface area contributed by atoms with Crippen LogP contribution >= 0.6 is 0 Å². The van der Waals surface area contributed by atoms with E-state index in [-0.39, 0.29) is 17.8 Å². The smallest absolute Gasteiger partial charge is 0.254 e. The van der Waals surface area contributed by atoms with Crippen LogP contribution in [0.25, 0.3) is 27.7 Å². The van der Waals surface area contributed by atoms with E-state index in [1.54, 1.807) is 24.0 Å². The standard InChI is InChI=1S/C23H24B3N7O3/c1-22(35)6-3-13(4-7-22)30-21-31-18-17(20(32-21)36-23(24,25)26)14(10-28-18)12-5-8-33-16(9-12)15(11-29-33)19(34)27-2/h5,8-11,13,35H,3-4,6-7H2,1-2H3,(H,27,34)(H2,28,30,31,32). The molecule has 13 heteroatoms. The van der Waals surface area contributed by atoms with E-state index in [1.807, 2.05) is 19.1 Å². The third-order valence-corrected chi connectivity index (χ3v) is 6.47. The number of hydrogen-bond donors (Lipinski definition) is 4. The van der Waals surface area contributed by atoms with Crippen molar-refractivity contribution in [1.82, 2.24) is 29.9 Å². The number of nitrogens with one attached hydrogen (secondary N) is 3. The minimum Gasteiger partial charge on any atom is -0.500 e. The van der Waals surface area contributed by atoms with Gasteiger partial charge in [0.15, 0.2) is 0 Å². The van der Waals surface area contributed by atoms with Crippen LogP contribution < -0.4 is 15.4 Å². The fourth-order valence-electron chi connectivity index (χ4n) is 4.56. The number of rotatable bonds is 6. The molecule has 0 atom stereocenters. The number of carbonyl (C=O) groups is 1. The normalized spacial score (nSPS) is 20.5. The molecule has 5 rings (SSSR count). The predicted octanol–water partition coefficient (Wildman–Crippen LogP) is 1.23. The quantitative estimate of drug-likeness (QED) is 0.307. The predicted molar refractivity (Wildman–Crippen MR) is 139 cm³/mol. The Morgan fingerprint density at radius 2 is 2.06 bits per heavy atom. The van der Waals surface area contributed by atoms with Gasteiger partial charge in [-0.05, 0) is 55.6 Å². The van der Waals surface area contributed by atoms with Gasteiger partial charge >= 0.3 is 0 Å². The summed E-state index contributed by atoms with van der Waals surface area (Å²) < 4.78 is 7.27. The highest BCUT2D eigenvalue weighted by Gasteiger charge is 2.29. The van der Waals surface area contributed by atoms with Crippen molar-refractivity contribution in [1.29, 1.82) is 0 Å². The zero-order valence-corrected chi connectivity index (χ0v) is 20.1. The molecule has 0 aromatic carbocycles. The van der Waals surface area contributed by atoms with Crippen LogP contribution in [0.1, 0.15) is 43.0 Å². The molecule has 1 amide bonds. The maximum absolute atomic E-state index is 12.3. The number of aromatic amines is 1. The number of aromatic nitrogens is 5. The van der Waals surface area contributed by atoms with Gasteiger partial charge in [-0.25, -0.2) is 4.52 Å². The van der Waals surface area contributed by atoms with Gasteiger partial charge in [0.2, 0.25) is 11.8 Å². The van der Waals surface area contributed by atoms with E-state index in [2.05, 4.69) is 30.7 Å². The van der Waals surface area contributed by atoms with E-state index in [9.17, 15) is 9.90 Å². The number of fused-ring (bicyclic) bond motifs is 2. The van der Waals surface area contributed by atoms with Crippen LogP contribution in [0.3, 0.4) is 0 Å². The average molecular weight is 479 g/mol. The maximum atomic E-state index is 12.3. The Labute approximate surface area is 211 Å². The van der Waals surface area contributed by atoms with Crippen molar-refractivity contribution in [2.75, 3.05) is 12.4 Å². The van der Waals surface area contributed by atoms with E-state index in [0.717, 1.165) is 18.4 Å². The lowest BCUT2D eigenvalue weighted by atomic mass is 9.52. The molecular weight excluding hydrogens is 455 g/mol. The summed E-state index contributed by atoms with van der Waals surface area (Å²) in [6.07, 6.45) is 7.93. The van der Waals surface area contributed by atoms with Gasteiger partial charge in [0.25, 0.3) is 5.91 Å². The Hall–Kier alpha value is -3.47. The summed E-state index contributed by atoms with van der Waals surface area (Å²) in [4.78, 5) is 24.6. The second kappa shape index (κ2) is 8.88. The zero-order valence-electron chi connectivity index (χ0n) is 20.1. The van der Waals surface area contributed by atoms with Crippen molar-refractivity contribution in [2.24, 2.45) is 0 Å². The summed E-state index contributed by atoms with van der Waals surface area (Å²) in [6, 6.07) is 3.78. The Balaban J connectivity index is 1.56. The van der Waals surface area contributed by atoms with Crippen LogP contribution in [0.2, 0.25) is 0 Å². The van der Waals surface area contributed by atoms with Crippen LogP contribution in [0.4, 0.5) is 5.95 Å². The van der Waals surface area contributed by atoms with E-state index >= 15 is 0 Å². The summed E-state index contributed by atoms with van der Waals surface area (Å²) >= 11 is 0. The minimum atomic E-state index is -1.97. The third-order valence-electron chi connectivity index (χ3n) is 6.47. The van der Waals surface area contributed by atoms with Crippen molar-refractivity contribution in [3.63, 3.8) is 0 Å². The first-order valence-corrected chi connectivity index (χ1v) is 11.7. The lowest BCUT2D eigenvalue weighted by Gasteiger charge is -2.33. The number of nitrogens with zero attached hydrogens (tertiary/aromatic N) is 4. The monoisotopic (exact) mass is 479 g/mol. The molecule has 0 unspecified atom stereocenters. The molecule has 0 aliphatic heterocycles. The second-order valence-electron chi connectivity index (χ2n) is 9.53. The SMILES string of the molecule is [B]C([B])([B])Oc1nc(NC2CCC(C)(O)CC2)nc2[nH]cc(-c3ccn4ncc(C(=O)NC)c4c3)c12. The van der Waals surface area contributed by atoms with Gasteiger partial charge in [-0.1, -0.05) is 0 Å². The van der Waals surface area contributed by atoms with E-state index in [0.29, 0.717) is 46.5 Å². The molecule has 4 aromatic rings. The van der Waals surface area contributed by atoms with Gasteiger partial charge in [-0.3, -0.25) is 4.79 Å². The summed E-state index contributed by atoms with van der Waals surface area (Å²) in [5.41, 5.74) is 2.37. The lowest BCUT2D eigenvalue weighted by molar-refractivity contribution is 0.0195. The largest absolute Gasteiger partial charge is 0.500 e. The number of ether oxygens (including phenoxy) is 1. The van der Waals surface area contributed by atoms with E-state index < -0.39 is 10.9 Å². The number of pyridine rings is 1. The molecule has 1 aliphatic carbocycles. The molecule has 0 spiro atoms. The molecule has 1 fully saturated rings. The first kappa shape index (κ1) is 24.2. The first-order valence-electron chi connectivity index (χ1n) is 11.7. The minimum absolute atomic E-state index is 0.0933. The molecule has 1 aliphatic rings. The van der Waals surface area contributed by atoms with Crippen molar-refractivity contribution in [2.45, 2.75) is 49.5 Å². The van der Waals surface area contributed by atoms with Crippen LogP contribution in [0.5, 0.6) is 5.88 Å². The number of H-pyrrole nitrogens is 1. The molecule has 178 valence electrons. The van der Waals surface area contributed by atoms with Crippen molar-refractivity contribution >= 4 is 51.9 Å². The number of hydrogen-bond acceptors (Lipinski definition) is 7. The summed E-state index contributed by atoms with van der Waals surface area (Å²) in [7, 11) is 18.9. The second-order valence-corrected chi connectivity index (χ2v) is 9.53. The zero-order chi connectivity index (χ0) is 25.7. The lowest BCUT2D eigenvalue weighted by Crippen LogP contribution is -2.38. The number of aliphatic hydroxyl groups is 1. The van der Waals surface area contributed by atoms with Gasteiger partial charge in [-0.15, -0.1) is 0 Å². The average Bonchev–Trinajstić information content (AvgIpc) is 3.43. The van der Waals surface area contributed by atoms with Gasteiger partial charge in [0, 0.05) is 31.0 Å². The molecule has 0 saturated heterocycles. The summed E-state index contributed by atoms with van der Waals surface area (Å²) in [5.74, 6) is 0.191. The summed E-state index contributed by atoms with van der Waals surface area (Å²) in [6.45, 7) is 1.85. The van der Waals surface area contributed by atoms with Crippen LogP contribution in [0, 0.1) is 0 Å². The van der Waals surface area contributed by atoms with Crippen LogP contribution in [-0.2, 0) is 0 Å². The van der Waals surface area contributed by atoms with Gasteiger partial charge < -0.3 is 25.5 Å². The van der Waals surface area contributed by atoms with Gasteiger partial charge in [-0.2, -0.15) is 15.1 Å². The molecule has 4 N–H and O–H groups in total. The number of carbonyl (C=O) groups excluding carboxylic acids is 1. The molecule has 1 saturated carbocycles. The van der Waals surface area contributed by atoms with Crippen molar-refractivity contribution in [3.05, 3.63) is 36.3 Å². The maximum Gasteiger partial charge on any atom is 0.254 e. The van der Waals surface area contributed by atoms with Crippen molar-refractivity contribution < 1.29 is 14.6 Å². The fourth-order valence-corrected chi connectivity index (χ4v) is 4.56. The highest BCUT2D eigenvalue weighted by molar-refractivity contribution is 6.58. The molecular formula is C23H24B3N7O3. The van der Waals surface area contributed by atoms with Crippen LogP contribution in [0.15, 0.2) is 30.7 Å². The van der Waals surface area contributed by atoms with Crippen molar-refractivity contribution in [3.8, 4) is 17.0 Å². The summed E-state index contributed by atoms with van der Waals surface area (Å²) in [5, 5.41) is 19.0. The van der Waals surface area contributed by atoms with E-state index in [1.165, 1.54) is 6.20 Å². The molecule has 4 aromatic heterocycles. The number of amides is 1. The topological polar surface area (TPSA) is 129 Å².